The van der Waals surface area contributed by atoms with Crippen LogP contribution in [-0.2, 0) is 4.79 Å². The lowest BCUT2D eigenvalue weighted by molar-refractivity contribution is -0.115. The monoisotopic (exact) mass is 415 g/mol. The molecule has 0 fully saturated rings. The molecule has 0 aliphatic rings. The first-order valence-electron chi connectivity index (χ1n) is 9.60. The molecule has 1 heterocycles. The van der Waals surface area contributed by atoms with Gasteiger partial charge in [0.05, 0.1) is 10.9 Å². The van der Waals surface area contributed by atoms with Crippen molar-refractivity contribution in [3.05, 3.63) is 84.4 Å². The minimum absolute atomic E-state index is 0.109. The summed E-state index contributed by atoms with van der Waals surface area (Å²) in [5, 5.41) is 15.3. The molecule has 0 saturated heterocycles. The quantitative estimate of drug-likeness (QED) is 0.460. The second-order valence-corrected chi connectivity index (χ2v) is 8.13. The molecule has 3 aromatic carbocycles. The van der Waals surface area contributed by atoms with Gasteiger partial charge in [0.15, 0.2) is 0 Å². The van der Waals surface area contributed by atoms with Crippen molar-refractivity contribution < 1.29 is 4.79 Å². The summed E-state index contributed by atoms with van der Waals surface area (Å²) in [5.74, 6) is -0.109. The lowest BCUT2D eigenvalue weighted by Crippen LogP contribution is -2.23. The SMILES string of the molecule is Cc1ccccc1-n1nnnc1S[C@H](C)C(=O)Nc1ccccc1-c1ccccc1. The van der Waals surface area contributed by atoms with E-state index in [0.717, 1.165) is 28.1 Å². The first kappa shape index (κ1) is 19.8. The minimum Gasteiger partial charge on any atom is -0.325 e. The van der Waals surface area contributed by atoms with E-state index in [1.165, 1.54) is 11.8 Å². The van der Waals surface area contributed by atoms with Crippen molar-refractivity contribution >= 4 is 23.4 Å². The molecule has 1 N–H and O–H groups in total. The molecule has 1 amide bonds. The maximum Gasteiger partial charge on any atom is 0.237 e. The minimum atomic E-state index is -0.386. The third kappa shape index (κ3) is 4.26. The lowest BCUT2D eigenvalue weighted by Gasteiger charge is -2.15. The molecule has 4 rings (SSSR count). The van der Waals surface area contributed by atoms with Gasteiger partial charge < -0.3 is 5.32 Å². The number of aromatic nitrogens is 4. The van der Waals surface area contributed by atoms with Crippen molar-refractivity contribution in [3.8, 4) is 16.8 Å². The summed E-state index contributed by atoms with van der Waals surface area (Å²) >= 11 is 1.32. The van der Waals surface area contributed by atoms with Crippen molar-refractivity contribution in [2.75, 3.05) is 5.32 Å². The van der Waals surface area contributed by atoms with Crippen LogP contribution in [0, 0.1) is 6.92 Å². The molecular formula is C23H21N5OS. The van der Waals surface area contributed by atoms with Crippen molar-refractivity contribution in [1.29, 1.82) is 0 Å². The molecule has 0 radical (unpaired) electrons. The van der Waals surface area contributed by atoms with E-state index in [-0.39, 0.29) is 11.2 Å². The van der Waals surface area contributed by atoms with E-state index in [1.807, 2.05) is 92.7 Å². The Morgan fingerprint density at radius 1 is 0.967 bits per heavy atom. The zero-order chi connectivity index (χ0) is 20.9. The zero-order valence-electron chi connectivity index (χ0n) is 16.7. The van der Waals surface area contributed by atoms with Crippen molar-refractivity contribution in [2.45, 2.75) is 24.3 Å². The molecule has 0 aliphatic carbocycles. The van der Waals surface area contributed by atoms with Gasteiger partial charge in [0.25, 0.3) is 0 Å². The predicted molar refractivity (Wildman–Crippen MR) is 120 cm³/mol. The molecule has 0 spiro atoms. The molecule has 4 aromatic rings. The number of amides is 1. The maximum absolute atomic E-state index is 12.9. The van der Waals surface area contributed by atoms with Crippen molar-refractivity contribution in [3.63, 3.8) is 0 Å². The van der Waals surface area contributed by atoms with Gasteiger partial charge >= 0.3 is 0 Å². The number of para-hydroxylation sites is 2. The lowest BCUT2D eigenvalue weighted by atomic mass is 10.0. The van der Waals surface area contributed by atoms with E-state index in [1.54, 1.807) is 4.68 Å². The van der Waals surface area contributed by atoms with Crippen LogP contribution in [0.2, 0.25) is 0 Å². The molecule has 30 heavy (non-hydrogen) atoms. The van der Waals surface area contributed by atoms with E-state index in [4.69, 9.17) is 0 Å². The number of aryl methyl sites for hydroxylation is 1. The fraction of sp³-hybridized carbons (Fsp3) is 0.130. The van der Waals surface area contributed by atoms with Gasteiger partial charge in [-0.05, 0) is 47.5 Å². The molecule has 150 valence electrons. The summed E-state index contributed by atoms with van der Waals surface area (Å²) in [6.07, 6.45) is 0. The molecular weight excluding hydrogens is 394 g/mol. The Morgan fingerprint density at radius 2 is 1.67 bits per heavy atom. The van der Waals surface area contributed by atoms with E-state index in [9.17, 15) is 4.79 Å². The topological polar surface area (TPSA) is 72.7 Å². The van der Waals surface area contributed by atoms with Gasteiger partial charge in [-0.25, -0.2) is 0 Å². The molecule has 0 bridgehead atoms. The Bertz CT molecular complexity index is 1160. The summed E-state index contributed by atoms with van der Waals surface area (Å²) in [6, 6.07) is 25.7. The van der Waals surface area contributed by atoms with Gasteiger partial charge in [0.2, 0.25) is 11.1 Å². The molecule has 7 heteroatoms. The van der Waals surface area contributed by atoms with Crippen molar-refractivity contribution in [1.82, 2.24) is 20.2 Å². The Labute approximate surface area is 179 Å². The fourth-order valence-corrected chi connectivity index (χ4v) is 3.91. The largest absolute Gasteiger partial charge is 0.325 e. The first-order chi connectivity index (χ1) is 14.6. The molecule has 0 aliphatic heterocycles. The number of benzene rings is 3. The maximum atomic E-state index is 12.9. The van der Waals surface area contributed by atoms with Crippen LogP contribution in [0.15, 0.2) is 84.0 Å². The van der Waals surface area contributed by atoms with Crippen LogP contribution in [0.3, 0.4) is 0 Å². The number of thioether (sulfide) groups is 1. The second kappa shape index (κ2) is 8.92. The normalized spacial score (nSPS) is 11.8. The third-order valence-electron chi connectivity index (χ3n) is 4.71. The van der Waals surface area contributed by atoms with Crippen LogP contribution < -0.4 is 5.32 Å². The highest BCUT2D eigenvalue weighted by Crippen LogP contribution is 2.29. The third-order valence-corrected chi connectivity index (χ3v) is 5.74. The highest BCUT2D eigenvalue weighted by molar-refractivity contribution is 8.00. The molecule has 1 atom stereocenters. The van der Waals surface area contributed by atoms with Crippen molar-refractivity contribution in [2.24, 2.45) is 0 Å². The Kier molecular flexibility index (Phi) is 5.90. The number of nitrogens with zero attached hydrogens (tertiary/aromatic N) is 4. The van der Waals surface area contributed by atoms with Gasteiger partial charge in [-0.1, -0.05) is 78.5 Å². The van der Waals surface area contributed by atoms with E-state index in [0.29, 0.717) is 5.16 Å². The number of hydrogen-bond donors (Lipinski definition) is 1. The Balaban J connectivity index is 1.52. The number of tetrazole rings is 1. The van der Waals surface area contributed by atoms with Crippen LogP contribution >= 0.6 is 11.8 Å². The molecule has 0 unspecified atom stereocenters. The average molecular weight is 416 g/mol. The van der Waals surface area contributed by atoms with Gasteiger partial charge in [0, 0.05) is 11.3 Å². The van der Waals surface area contributed by atoms with Gasteiger partial charge in [-0.15, -0.1) is 5.10 Å². The average Bonchev–Trinajstić information content (AvgIpc) is 3.23. The Hall–Kier alpha value is -3.45. The van der Waals surface area contributed by atoms with Crippen LogP contribution in [0.5, 0.6) is 0 Å². The molecule has 1 aromatic heterocycles. The number of nitrogens with one attached hydrogen (secondary N) is 1. The van der Waals surface area contributed by atoms with Gasteiger partial charge in [-0.2, -0.15) is 4.68 Å². The second-order valence-electron chi connectivity index (χ2n) is 6.82. The standard InChI is InChI=1S/C23H21N5OS/c1-16-10-6-9-15-21(16)28-23(25-26-27-28)30-17(2)22(29)24-20-14-8-7-13-19(20)18-11-4-3-5-12-18/h3-15,17H,1-2H3,(H,24,29)/t17-/m1/s1. The summed E-state index contributed by atoms with van der Waals surface area (Å²) in [5.41, 5.74) is 4.76. The first-order valence-corrected chi connectivity index (χ1v) is 10.5. The zero-order valence-corrected chi connectivity index (χ0v) is 17.5. The molecule has 0 saturated carbocycles. The molecule has 6 nitrogen and oxygen atoms in total. The highest BCUT2D eigenvalue weighted by atomic mass is 32.2. The number of rotatable bonds is 6. The van der Waals surface area contributed by atoms with E-state index >= 15 is 0 Å². The number of hydrogen-bond acceptors (Lipinski definition) is 5. The summed E-state index contributed by atoms with van der Waals surface area (Å²) < 4.78 is 1.67. The van der Waals surface area contributed by atoms with Crippen LogP contribution in [0.1, 0.15) is 12.5 Å². The van der Waals surface area contributed by atoms with E-state index < -0.39 is 0 Å². The highest BCUT2D eigenvalue weighted by Gasteiger charge is 2.20. The number of carbonyl (C=O) groups excluding carboxylic acids is 1. The van der Waals surface area contributed by atoms with Crippen LogP contribution in [-0.4, -0.2) is 31.4 Å². The summed E-state index contributed by atoms with van der Waals surface area (Å²) in [7, 11) is 0. The van der Waals surface area contributed by atoms with Crippen LogP contribution in [0.4, 0.5) is 5.69 Å². The van der Waals surface area contributed by atoms with E-state index in [2.05, 4.69) is 20.8 Å². The van der Waals surface area contributed by atoms with Gasteiger partial charge in [-0.3, -0.25) is 4.79 Å². The van der Waals surface area contributed by atoms with Crippen LogP contribution in [0.25, 0.3) is 16.8 Å². The summed E-state index contributed by atoms with van der Waals surface area (Å²) in [6.45, 7) is 3.85. The smallest absolute Gasteiger partial charge is 0.237 e. The Morgan fingerprint density at radius 3 is 2.47 bits per heavy atom. The number of carbonyl (C=O) groups is 1. The number of anilines is 1. The summed E-state index contributed by atoms with van der Waals surface area (Å²) in [4.78, 5) is 12.9. The predicted octanol–water partition coefficient (Wildman–Crippen LogP) is 4.76. The fourth-order valence-electron chi connectivity index (χ4n) is 3.11. The van der Waals surface area contributed by atoms with Gasteiger partial charge in [0.1, 0.15) is 0 Å².